The maximum absolute atomic E-state index is 12.8. The Balaban J connectivity index is 0.00000243. The van der Waals surface area contributed by atoms with Crippen molar-refractivity contribution in [1.82, 2.24) is 15.1 Å². The van der Waals surface area contributed by atoms with E-state index in [1.807, 2.05) is 18.2 Å². The number of methoxy groups -OCH3 is 1. The van der Waals surface area contributed by atoms with E-state index in [1.165, 1.54) is 0 Å². The van der Waals surface area contributed by atoms with Gasteiger partial charge in [-0.25, -0.2) is 0 Å². The molecule has 1 aromatic carbocycles. The molecule has 7 heteroatoms. The average molecular weight is 402 g/mol. The van der Waals surface area contributed by atoms with Crippen molar-refractivity contribution in [3.05, 3.63) is 28.8 Å². The molecule has 5 nitrogen and oxygen atoms in total. The van der Waals surface area contributed by atoms with Gasteiger partial charge in [-0.2, -0.15) is 0 Å². The van der Waals surface area contributed by atoms with Gasteiger partial charge >= 0.3 is 0 Å². The van der Waals surface area contributed by atoms with Gasteiger partial charge in [0.2, 0.25) is 5.91 Å². The first-order valence-corrected chi connectivity index (χ1v) is 9.51. The highest BCUT2D eigenvalue weighted by Gasteiger charge is 2.30. The molecule has 2 fully saturated rings. The lowest BCUT2D eigenvalue weighted by molar-refractivity contribution is -0.138. The third kappa shape index (κ3) is 5.26. The van der Waals surface area contributed by atoms with Crippen LogP contribution in [0.25, 0.3) is 0 Å². The molecule has 2 heterocycles. The number of rotatable bonds is 4. The lowest BCUT2D eigenvalue weighted by atomic mass is 9.92. The molecule has 0 aromatic heterocycles. The Hall–Kier alpha value is -1.01. The quantitative estimate of drug-likeness (QED) is 0.842. The van der Waals surface area contributed by atoms with Gasteiger partial charge < -0.3 is 15.0 Å². The van der Waals surface area contributed by atoms with Crippen LogP contribution in [-0.2, 0) is 11.3 Å². The number of ether oxygens (including phenoxy) is 1. The SMILES string of the molecule is COc1ccc(Cl)cc1CN1CCN(C(=O)[C@H]2CCN[C@@H](C)C2)CC1.Cl. The van der Waals surface area contributed by atoms with Crippen molar-refractivity contribution in [3.8, 4) is 5.75 Å². The number of carbonyl (C=O) groups excluding carboxylic acids is 1. The van der Waals surface area contributed by atoms with Gasteiger partial charge in [-0.1, -0.05) is 11.6 Å². The highest BCUT2D eigenvalue weighted by molar-refractivity contribution is 6.30. The van der Waals surface area contributed by atoms with E-state index in [-0.39, 0.29) is 18.3 Å². The molecule has 3 rings (SSSR count). The molecule has 1 N–H and O–H groups in total. The predicted octanol–water partition coefficient (Wildman–Crippen LogP) is 2.80. The zero-order chi connectivity index (χ0) is 17.8. The normalized spacial score (nSPS) is 24.0. The highest BCUT2D eigenvalue weighted by Crippen LogP contribution is 2.25. The van der Waals surface area contributed by atoms with Gasteiger partial charge in [0, 0.05) is 55.3 Å². The van der Waals surface area contributed by atoms with Gasteiger partial charge in [-0.3, -0.25) is 9.69 Å². The fraction of sp³-hybridized carbons (Fsp3) is 0.632. The van der Waals surface area contributed by atoms with Crippen molar-refractivity contribution in [1.29, 1.82) is 0 Å². The summed E-state index contributed by atoms with van der Waals surface area (Å²) in [6, 6.07) is 6.17. The van der Waals surface area contributed by atoms with E-state index in [4.69, 9.17) is 16.3 Å². The fourth-order valence-electron chi connectivity index (χ4n) is 3.85. The Bertz CT molecular complexity index is 606. The number of halogens is 2. The summed E-state index contributed by atoms with van der Waals surface area (Å²) in [4.78, 5) is 17.2. The Morgan fingerprint density at radius 3 is 2.69 bits per heavy atom. The van der Waals surface area contributed by atoms with E-state index in [9.17, 15) is 4.79 Å². The topological polar surface area (TPSA) is 44.8 Å². The molecule has 2 saturated heterocycles. The number of nitrogens with one attached hydrogen (secondary N) is 1. The molecule has 0 saturated carbocycles. The summed E-state index contributed by atoms with van der Waals surface area (Å²) in [7, 11) is 1.68. The summed E-state index contributed by atoms with van der Waals surface area (Å²) >= 11 is 6.12. The minimum atomic E-state index is 0. The number of piperidine rings is 1. The second-order valence-electron chi connectivity index (χ2n) is 7.13. The van der Waals surface area contributed by atoms with Crippen molar-refractivity contribution < 1.29 is 9.53 Å². The zero-order valence-corrected chi connectivity index (χ0v) is 17.1. The summed E-state index contributed by atoms with van der Waals surface area (Å²) in [6.07, 6.45) is 1.92. The first-order valence-electron chi connectivity index (χ1n) is 9.13. The number of amides is 1. The van der Waals surface area contributed by atoms with E-state index in [0.29, 0.717) is 11.9 Å². The van der Waals surface area contributed by atoms with Crippen LogP contribution >= 0.6 is 24.0 Å². The maximum Gasteiger partial charge on any atom is 0.225 e. The van der Waals surface area contributed by atoms with Crippen molar-refractivity contribution in [2.45, 2.75) is 32.4 Å². The van der Waals surface area contributed by atoms with Crippen LogP contribution in [0, 0.1) is 5.92 Å². The number of hydrogen-bond donors (Lipinski definition) is 1. The molecular weight excluding hydrogens is 373 g/mol. The first-order chi connectivity index (χ1) is 12.1. The van der Waals surface area contributed by atoms with E-state index in [1.54, 1.807) is 7.11 Å². The van der Waals surface area contributed by atoms with Crippen LogP contribution in [0.3, 0.4) is 0 Å². The molecule has 0 bridgehead atoms. The number of carbonyl (C=O) groups is 1. The molecule has 26 heavy (non-hydrogen) atoms. The van der Waals surface area contributed by atoms with Crippen molar-refractivity contribution >= 4 is 29.9 Å². The third-order valence-electron chi connectivity index (χ3n) is 5.29. The smallest absolute Gasteiger partial charge is 0.225 e. The molecule has 0 radical (unpaired) electrons. The van der Waals surface area contributed by atoms with Gasteiger partial charge in [0.25, 0.3) is 0 Å². The van der Waals surface area contributed by atoms with Crippen LogP contribution < -0.4 is 10.1 Å². The second kappa shape index (κ2) is 9.79. The average Bonchev–Trinajstić information content (AvgIpc) is 2.62. The number of nitrogens with zero attached hydrogens (tertiary/aromatic N) is 2. The minimum Gasteiger partial charge on any atom is -0.496 e. The van der Waals surface area contributed by atoms with Crippen molar-refractivity contribution in [3.63, 3.8) is 0 Å². The van der Waals surface area contributed by atoms with Gasteiger partial charge in [-0.15, -0.1) is 12.4 Å². The lowest BCUT2D eigenvalue weighted by Gasteiger charge is -2.38. The van der Waals surface area contributed by atoms with E-state index < -0.39 is 0 Å². The molecule has 2 aliphatic heterocycles. The fourth-order valence-corrected chi connectivity index (χ4v) is 4.05. The molecule has 1 amide bonds. The lowest BCUT2D eigenvalue weighted by Crippen LogP contribution is -2.51. The first kappa shape index (κ1) is 21.3. The van der Waals surface area contributed by atoms with E-state index in [0.717, 1.165) is 68.4 Å². The van der Waals surface area contributed by atoms with Crippen molar-refractivity contribution in [2.24, 2.45) is 5.92 Å². The van der Waals surface area contributed by atoms with Crippen LogP contribution in [0.4, 0.5) is 0 Å². The molecule has 2 aliphatic rings. The number of hydrogen-bond acceptors (Lipinski definition) is 4. The largest absolute Gasteiger partial charge is 0.496 e. The molecule has 0 unspecified atom stereocenters. The number of piperazine rings is 1. The Morgan fingerprint density at radius 1 is 1.31 bits per heavy atom. The van der Waals surface area contributed by atoms with Gasteiger partial charge in [-0.05, 0) is 44.5 Å². The van der Waals surface area contributed by atoms with Gasteiger partial charge in [0.05, 0.1) is 7.11 Å². The molecule has 0 spiro atoms. The summed E-state index contributed by atoms with van der Waals surface area (Å²) in [5, 5.41) is 4.14. The molecular formula is C19H29Cl2N3O2. The van der Waals surface area contributed by atoms with Crippen LogP contribution in [0.1, 0.15) is 25.3 Å². The second-order valence-corrected chi connectivity index (χ2v) is 7.57. The Kier molecular flexibility index (Phi) is 8.02. The maximum atomic E-state index is 12.8. The molecule has 1 aromatic rings. The van der Waals surface area contributed by atoms with Crippen LogP contribution in [0.5, 0.6) is 5.75 Å². The van der Waals surface area contributed by atoms with E-state index >= 15 is 0 Å². The molecule has 0 aliphatic carbocycles. The number of benzene rings is 1. The highest BCUT2D eigenvalue weighted by atomic mass is 35.5. The third-order valence-corrected chi connectivity index (χ3v) is 5.53. The van der Waals surface area contributed by atoms with Gasteiger partial charge in [0.1, 0.15) is 5.75 Å². The van der Waals surface area contributed by atoms with Crippen LogP contribution in [0.2, 0.25) is 5.02 Å². The molecule has 2 atom stereocenters. The predicted molar refractivity (Wildman–Crippen MR) is 107 cm³/mol. The van der Waals surface area contributed by atoms with Crippen molar-refractivity contribution in [2.75, 3.05) is 39.8 Å². The minimum absolute atomic E-state index is 0. The van der Waals surface area contributed by atoms with Gasteiger partial charge in [0.15, 0.2) is 0 Å². The summed E-state index contributed by atoms with van der Waals surface area (Å²) < 4.78 is 5.43. The van der Waals surface area contributed by atoms with E-state index in [2.05, 4.69) is 22.0 Å². The standard InChI is InChI=1S/C19H28ClN3O2.ClH/c1-14-11-15(5-6-21-14)19(24)23-9-7-22(8-10-23)13-16-12-17(20)3-4-18(16)25-2;/h3-4,12,14-15,21H,5-11,13H2,1-2H3;1H/t14-,15-;/m0./s1. The van der Waals surface area contributed by atoms with Crippen LogP contribution in [-0.4, -0.2) is 61.6 Å². The zero-order valence-electron chi connectivity index (χ0n) is 15.5. The Morgan fingerprint density at radius 2 is 2.04 bits per heavy atom. The summed E-state index contributed by atoms with van der Waals surface area (Å²) in [5.74, 6) is 1.40. The summed E-state index contributed by atoms with van der Waals surface area (Å²) in [6.45, 7) is 7.31. The monoisotopic (exact) mass is 401 g/mol. The summed E-state index contributed by atoms with van der Waals surface area (Å²) in [5.41, 5.74) is 1.10. The Labute approximate surface area is 167 Å². The molecule has 146 valence electrons. The van der Waals surface area contributed by atoms with Crippen LogP contribution in [0.15, 0.2) is 18.2 Å².